The molecule has 2 aromatic rings. The summed E-state index contributed by atoms with van der Waals surface area (Å²) in [6, 6.07) is 16.3. The molecular formula is C16H16O. The zero-order chi connectivity index (χ0) is 11.8. The highest BCUT2D eigenvalue weighted by Gasteiger charge is 2.29. The molecule has 1 N–H and O–H groups in total. The molecule has 86 valence electrons. The van der Waals surface area contributed by atoms with Crippen molar-refractivity contribution in [3.8, 4) is 5.75 Å². The molecule has 0 aliphatic heterocycles. The first-order valence-electron chi connectivity index (χ1n) is 6.14. The van der Waals surface area contributed by atoms with E-state index in [1.165, 1.54) is 11.1 Å². The number of rotatable bonds is 1. The lowest BCUT2D eigenvalue weighted by Crippen LogP contribution is -1.96. The molecule has 2 aromatic carbocycles. The van der Waals surface area contributed by atoms with Gasteiger partial charge in [-0.3, -0.25) is 0 Å². The molecule has 1 nitrogen and oxygen atoms in total. The predicted molar refractivity (Wildman–Crippen MR) is 69.4 cm³/mol. The van der Waals surface area contributed by atoms with E-state index in [0.29, 0.717) is 17.6 Å². The van der Waals surface area contributed by atoms with E-state index in [-0.39, 0.29) is 0 Å². The third kappa shape index (κ3) is 1.62. The average molecular weight is 224 g/mol. The summed E-state index contributed by atoms with van der Waals surface area (Å²) in [4.78, 5) is 0. The van der Waals surface area contributed by atoms with Gasteiger partial charge in [0.25, 0.3) is 0 Å². The fraction of sp³-hybridized carbons (Fsp3) is 0.250. The molecule has 0 bridgehead atoms. The zero-order valence-electron chi connectivity index (χ0n) is 9.93. The summed E-state index contributed by atoms with van der Waals surface area (Å²) >= 11 is 0. The van der Waals surface area contributed by atoms with E-state index >= 15 is 0 Å². The Morgan fingerprint density at radius 3 is 2.18 bits per heavy atom. The summed E-state index contributed by atoms with van der Waals surface area (Å²) in [7, 11) is 0. The molecular weight excluding hydrogens is 208 g/mol. The van der Waals surface area contributed by atoms with E-state index in [2.05, 4.69) is 31.2 Å². The lowest BCUT2D eigenvalue weighted by molar-refractivity contribution is 0.463. The van der Waals surface area contributed by atoms with Crippen molar-refractivity contribution in [2.75, 3.05) is 0 Å². The van der Waals surface area contributed by atoms with Crippen molar-refractivity contribution in [1.29, 1.82) is 0 Å². The molecule has 1 aliphatic rings. The van der Waals surface area contributed by atoms with Crippen LogP contribution in [-0.4, -0.2) is 5.11 Å². The van der Waals surface area contributed by atoms with Gasteiger partial charge in [0.1, 0.15) is 5.75 Å². The first-order chi connectivity index (χ1) is 8.27. The second kappa shape index (κ2) is 3.92. The molecule has 1 aliphatic carbocycles. The standard InChI is InChI=1S/C16H16O/c1-11-10-15(13-7-3-2-6-12(11)13)14-8-4-5-9-16(14)17/h2-9,11,15,17H,10H2,1H3. The lowest BCUT2D eigenvalue weighted by Gasteiger charge is -2.13. The highest BCUT2D eigenvalue weighted by molar-refractivity contribution is 5.48. The highest BCUT2D eigenvalue weighted by Crippen LogP contribution is 2.46. The monoisotopic (exact) mass is 224 g/mol. The van der Waals surface area contributed by atoms with Crippen LogP contribution in [0.1, 0.15) is 41.9 Å². The minimum Gasteiger partial charge on any atom is -0.508 e. The zero-order valence-corrected chi connectivity index (χ0v) is 9.93. The summed E-state index contributed by atoms with van der Waals surface area (Å²) in [5.41, 5.74) is 3.87. The summed E-state index contributed by atoms with van der Waals surface area (Å²) < 4.78 is 0. The van der Waals surface area contributed by atoms with Gasteiger partial charge < -0.3 is 5.11 Å². The van der Waals surface area contributed by atoms with E-state index < -0.39 is 0 Å². The molecule has 3 rings (SSSR count). The van der Waals surface area contributed by atoms with Crippen molar-refractivity contribution >= 4 is 0 Å². The maximum Gasteiger partial charge on any atom is 0.119 e. The largest absolute Gasteiger partial charge is 0.508 e. The van der Waals surface area contributed by atoms with Crippen LogP contribution in [0, 0.1) is 0 Å². The highest BCUT2D eigenvalue weighted by atomic mass is 16.3. The van der Waals surface area contributed by atoms with Gasteiger partial charge in [-0.25, -0.2) is 0 Å². The number of hydrogen-bond donors (Lipinski definition) is 1. The Hall–Kier alpha value is -1.76. The van der Waals surface area contributed by atoms with Crippen LogP contribution in [-0.2, 0) is 0 Å². The molecule has 1 heteroatoms. The van der Waals surface area contributed by atoms with Crippen molar-refractivity contribution in [3.63, 3.8) is 0 Å². The van der Waals surface area contributed by atoms with Crippen molar-refractivity contribution in [2.24, 2.45) is 0 Å². The summed E-state index contributed by atoms with van der Waals surface area (Å²) in [6.07, 6.45) is 1.09. The molecule has 0 aromatic heterocycles. The average Bonchev–Trinajstić information content (AvgIpc) is 2.68. The first-order valence-corrected chi connectivity index (χ1v) is 6.14. The molecule has 17 heavy (non-hydrogen) atoms. The summed E-state index contributed by atoms with van der Waals surface area (Å²) in [5, 5.41) is 9.98. The number of fused-ring (bicyclic) bond motifs is 1. The summed E-state index contributed by atoms with van der Waals surface area (Å²) in [6.45, 7) is 2.26. The Labute approximate surface area is 102 Å². The second-order valence-corrected chi connectivity index (χ2v) is 4.88. The van der Waals surface area contributed by atoms with Crippen LogP contribution in [0.4, 0.5) is 0 Å². The van der Waals surface area contributed by atoms with Crippen LogP contribution in [0.3, 0.4) is 0 Å². The van der Waals surface area contributed by atoms with Crippen molar-refractivity contribution in [3.05, 3.63) is 65.2 Å². The molecule has 0 saturated heterocycles. The lowest BCUT2D eigenvalue weighted by atomic mass is 9.92. The quantitative estimate of drug-likeness (QED) is 0.775. The molecule has 2 unspecified atom stereocenters. The third-order valence-electron chi connectivity index (χ3n) is 3.80. The first kappa shape index (κ1) is 10.4. The molecule has 0 radical (unpaired) electrons. The van der Waals surface area contributed by atoms with Gasteiger partial charge in [-0.1, -0.05) is 49.4 Å². The smallest absolute Gasteiger partial charge is 0.119 e. The van der Waals surface area contributed by atoms with Gasteiger partial charge in [-0.05, 0) is 29.5 Å². The number of aromatic hydroxyl groups is 1. The van der Waals surface area contributed by atoms with Crippen molar-refractivity contribution < 1.29 is 5.11 Å². The fourth-order valence-corrected chi connectivity index (χ4v) is 2.96. The molecule has 2 atom stereocenters. The minimum atomic E-state index is 0.349. The Balaban J connectivity index is 2.11. The number of benzene rings is 2. The topological polar surface area (TPSA) is 20.2 Å². The van der Waals surface area contributed by atoms with Gasteiger partial charge in [0, 0.05) is 11.5 Å². The maximum atomic E-state index is 9.98. The molecule has 0 fully saturated rings. The molecule has 0 saturated carbocycles. The van der Waals surface area contributed by atoms with E-state index in [1.54, 1.807) is 6.07 Å². The van der Waals surface area contributed by atoms with E-state index in [0.717, 1.165) is 12.0 Å². The van der Waals surface area contributed by atoms with Gasteiger partial charge in [-0.2, -0.15) is 0 Å². The van der Waals surface area contributed by atoms with Gasteiger partial charge in [0.05, 0.1) is 0 Å². The Morgan fingerprint density at radius 2 is 1.47 bits per heavy atom. The normalized spacial score (nSPS) is 22.4. The van der Waals surface area contributed by atoms with Crippen LogP contribution >= 0.6 is 0 Å². The number of phenols is 1. The van der Waals surface area contributed by atoms with Crippen LogP contribution < -0.4 is 0 Å². The van der Waals surface area contributed by atoms with Crippen LogP contribution in [0.2, 0.25) is 0 Å². The Morgan fingerprint density at radius 1 is 0.882 bits per heavy atom. The predicted octanol–water partition coefficient (Wildman–Crippen LogP) is 4.03. The van der Waals surface area contributed by atoms with Crippen LogP contribution in [0.25, 0.3) is 0 Å². The Bertz CT molecular complexity index is 545. The fourth-order valence-electron chi connectivity index (χ4n) is 2.96. The van der Waals surface area contributed by atoms with E-state index in [1.807, 2.05) is 18.2 Å². The number of phenolic OH excluding ortho intramolecular Hbond substituents is 1. The summed E-state index contributed by atoms with van der Waals surface area (Å²) in [5.74, 6) is 1.35. The van der Waals surface area contributed by atoms with Crippen LogP contribution in [0.5, 0.6) is 5.75 Å². The van der Waals surface area contributed by atoms with Gasteiger partial charge in [-0.15, -0.1) is 0 Å². The van der Waals surface area contributed by atoms with Gasteiger partial charge in [0.15, 0.2) is 0 Å². The number of para-hydroxylation sites is 1. The molecule has 0 spiro atoms. The molecule has 0 amide bonds. The van der Waals surface area contributed by atoms with Crippen molar-refractivity contribution in [1.82, 2.24) is 0 Å². The number of hydrogen-bond acceptors (Lipinski definition) is 1. The van der Waals surface area contributed by atoms with Gasteiger partial charge >= 0.3 is 0 Å². The second-order valence-electron chi connectivity index (χ2n) is 4.88. The molecule has 0 heterocycles. The minimum absolute atomic E-state index is 0.349. The maximum absolute atomic E-state index is 9.98. The SMILES string of the molecule is CC1CC(c2ccccc2O)c2ccccc21. The van der Waals surface area contributed by atoms with Crippen molar-refractivity contribution in [2.45, 2.75) is 25.2 Å². The Kier molecular flexibility index (Phi) is 2.40. The van der Waals surface area contributed by atoms with Gasteiger partial charge in [0.2, 0.25) is 0 Å². The van der Waals surface area contributed by atoms with E-state index in [4.69, 9.17) is 0 Å². The third-order valence-corrected chi connectivity index (χ3v) is 3.80. The van der Waals surface area contributed by atoms with E-state index in [9.17, 15) is 5.11 Å². The van der Waals surface area contributed by atoms with Crippen LogP contribution in [0.15, 0.2) is 48.5 Å².